The van der Waals surface area contributed by atoms with E-state index in [0.717, 1.165) is 24.2 Å². The Morgan fingerprint density at radius 3 is 1.90 bits per heavy atom. The summed E-state index contributed by atoms with van der Waals surface area (Å²) in [6.07, 6.45) is 8.58. The zero-order chi connectivity index (χ0) is 31.2. The van der Waals surface area contributed by atoms with Gasteiger partial charge in [0.25, 0.3) is 0 Å². The third kappa shape index (κ3) is 10.1. The molecular formula is C30H60NO3P3S4. The zero-order valence-electron chi connectivity index (χ0n) is 28.1. The molecule has 242 valence electrons. The van der Waals surface area contributed by atoms with Gasteiger partial charge in [-0.2, -0.15) is 0 Å². The average molecular weight is 704 g/mol. The van der Waals surface area contributed by atoms with Crippen LogP contribution >= 0.6 is 42.0 Å². The van der Waals surface area contributed by atoms with Gasteiger partial charge in [0.1, 0.15) is 11.9 Å². The lowest BCUT2D eigenvalue weighted by Crippen LogP contribution is -2.56. The Morgan fingerprint density at radius 1 is 0.829 bits per heavy atom. The van der Waals surface area contributed by atoms with Gasteiger partial charge in [-0.3, -0.25) is 4.67 Å². The second-order valence-corrected chi connectivity index (χ2v) is 32.5. The van der Waals surface area contributed by atoms with Crippen LogP contribution in [0.15, 0.2) is 0 Å². The average Bonchev–Trinajstić information content (AvgIpc) is 2.74. The predicted octanol–water partition coefficient (Wildman–Crippen LogP) is 11.0. The fourth-order valence-electron chi connectivity index (χ4n) is 7.70. The molecule has 10 atom stereocenters. The smallest absolute Gasteiger partial charge is 0.129 e. The zero-order valence-corrected chi connectivity index (χ0v) is 34.1. The van der Waals surface area contributed by atoms with Gasteiger partial charge in [-0.05, 0) is 98.9 Å². The Hall–Kier alpha value is 2.27. The largest absolute Gasteiger partial charge is 0.345 e. The molecule has 5 fully saturated rings. The van der Waals surface area contributed by atoms with Crippen LogP contribution in [0.3, 0.4) is 0 Å². The van der Waals surface area contributed by atoms with E-state index in [1.54, 1.807) is 0 Å². The molecule has 0 amide bonds. The molecule has 0 aromatic rings. The first-order chi connectivity index (χ1) is 18.5. The molecular weight excluding hydrogens is 644 g/mol. The van der Waals surface area contributed by atoms with Gasteiger partial charge < -0.3 is 13.6 Å². The van der Waals surface area contributed by atoms with Crippen LogP contribution in [0.5, 0.6) is 0 Å². The van der Waals surface area contributed by atoms with Crippen molar-refractivity contribution in [2.24, 2.45) is 23.7 Å². The minimum atomic E-state index is -1.75. The number of hydrogen-bond acceptors (Lipinski definition) is 7. The van der Waals surface area contributed by atoms with E-state index in [-0.39, 0.29) is 12.9 Å². The van der Waals surface area contributed by atoms with Crippen molar-refractivity contribution in [1.82, 2.24) is 4.67 Å². The molecule has 41 heavy (non-hydrogen) atoms. The van der Waals surface area contributed by atoms with Crippen LogP contribution in [0, 0.1) is 23.7 Å². The molecule has 2 saturated carbocycles. The summed E-state index contributed by atoms with van der Waals surface area (Å²) in [4.78, 5) is 0. The Balaban J connectivity index is 0.000000172. The van der Waals surface area contributed by atoms with Crippen molar-refractivity contribution in [2.45, 2.75) is 141 Å². The Labute approximate surface area is 273 Å². The highest BCUT2D eigenvalue weighted by molar-refractivity contribution is 8.69. The van der Waals surface area contributed by atoms with Crippen LogP contribution in [0.1, 0.15) is 107 Å². The molecule has 10 unspecified atom stereocenters. The van der Waals surface area contributed by atoms with Crippen molar-refractivity contribution >= 4 is 65.6 Å². The molecule has 2 aliphatic carbocycles. The molecule has 3 saturated heterocycles. The fourth-order valence-corrected chi connectivity index (χ4v) is 22.9. The van der Waals surface area contributed by atoms with E-state index in [4.69, 9.17) is 37.2 Å². The fraction of sp³-hybridized carbons (Fsp3) is 1.00. The van der Waals surface area contributed by atoms with E-state index < -0.39 is 11.9 Å². The van der Waals surface area contributed by atoms with Crippen LogP contribution in [0.25, 0.3) is 0 Å². The van der Waals surface area contributed by atoms with Crippen LogP contribution in [0.4, 0.5) is 0 Å². The molecule has 5 aliphatic rings. The van der Waals surface area contributed by atoms with Gasteiger partial charge in [0, 0.05) is 33.5 Å². The van der Waals surface area contributed by atoms with E-state index in [2.05, 4.69) is 105 Å². The molecule has 11 heteroatoms. The highest BCUT2D eigenvalue weighted by atomic mass is 32.9. The maximum atomic E-state index is 6.25. The van der Waals surface area contributed by atoms with Gasteiger partial charge in [0.15, 0.2) is 0 Å². The van der Waals surface area contributed by atoms with Crippen molar-refractivity contribution in [2.75, 3.05) is 27.0 Å². The molecule has 3 heterocycles. The first kappa shape index (κ1) is 37.7. The van der Waals surface area contributed by atoms with E-state index in [1.165, 1.54) is 38.5 Å². The van der Waals surface area contributed by atoms with Crippen molar-refractivity contribution < 1.29 is 13.6 Å². The Morgan fingerprint density at radius 2 is 1.37 bits per heavy atom. The number of rotatable bonds is 0. The molecule has 5 rings (SSSR count). The van der Waals surface area contributed by atoms with Gasteiger partial charge in [0.05, 0.1) is 25.7 Å². The Kier molecular flexibility index (Phi) is 13.0. The highest BCUT2D eigenvalue weighted by Gasteiger charge is 2.50. The molecule has 0 spiro atoms. The summed E-state index contributed by atoms with van der Waals surface area (Å²) in [5, 5.41) is 0. The first-order valence-corrected chi connectivity index (χ1v) is 26.4. The molecule has 0 N–H and O–H groups in total. The standard InChI is InChI=1S/C12H24NOPS.C11H21OPS.C7H15OPS2/c1-9-6-7-10-11(8-9)14-15(5,16)13(4)12(10,2)3;1-8-5-6-9-10(7-8)12-13(4)14-11(9,2)3;1-6-5-7(2,3)11-9(4,10)8-6/h9-11H,6-8H2,1-5H3;8-10H,5-7H2,1-4H3;6H,5H2,1-4H3. The van der Waals surface area contributed by atoms with Crippen molar-refractivity contribution in [1.29, 1.82) is 0 Å². The molecule has 0 bridgehead atoms. The van der Waals surface area contributed by atoms with Crippen LogP contribution in [-0.4, -0.2) is 65.1 Å². The lowest BCUT2D eigenvalue weighted by molar-refractivity contribution is -0.0288. The third-order valence-corrected chi connectivity index (χ3v) is 22.5. The summed E-state index contributed by atoms with van der Waals surface area (Å²) in [7, 11) is 1.92. The SMILES string of the molecule is CC1CC(C)(C)SP(C)(=S)O1.CC1CCC2C(C1)OP(C)(=S)N(C)C2(C)C.CC1CCC2C(C1)OP(C)SC2(C)C. The number of fused-ring (bicyclic) bond motifs is 2. The van der Waals surface area contributed by atoms with E-state index in [9.17, 15) is 0 Å². The van der Waals surface area contributed by atoms with E-state index in [0.29, 0.717) is 33.7 Å². The second-order valence-electron chi connectivity index (χ2n) is 15.2. The number of hydrogen-bond donors (Lipinski definition) is 0. The quantitative estimate of drug-likeness (QED) is 0.231. The van der Waals surface area contributed by atoms with Crippen molar-refractivity contribution in [3.05, 3.63) is 0 Å². The van der Waals surface area contributed by atoms with Crippen molar-refractivity contribution in [3.63, 3.8) is 0 Å². The monoisotopic (exact) mass is 703 g/mol. The molecule has 0 aromatic carbocycles. The second kappa shape index (κ2) is 14.2. The topological polar surface area (TPSA) is 30.9 Å². The minimum absolute atomic E-state index is 0.202. The lowest BCUT2D eigenvalue weighted by atomic mass is 9.72. The summed E-state index contributed by atoms with van der Waals surface area (Å²) in [5.41, 5.74) is -1.31. The summed E-state index contributed by atoms with van der Waals surface area (Å²) < 4.78 is 21.2. The van der Waals surface area contributed by atoms with Crippen LogP contribution < -0.4 is 0 Å². The van der Waals surface area contributed by atoms with Gasteiger partial charge in [0.2, 0.25) is 0 Å². The third-order valence-electron chi connectivity index (χ3n) is 9.83. The van der Waals surface area contributed by atoms with Gasteiger partial charge in [-0.1, -0.05) is 86.9 Å². The van der Waals surface area contributed by atoms with Gasteiger partial charge in [-0.15, -0.1) is 0 Å². The van der Waals surface area contributed by atoms with Crippen LogP contribution in [0.2, 0.25) is 0 Å². The number of nitrogens with zero attached hydrogens (tertiary/aromatic N) is 1. The Bertz CT molecular complexity index is 994. The van der Waals surface area contributed by atoms with Crippen LogP contribution in [-0.2, 0) is 37.2 Å². The predicted molar refractivity (Wildman–Crippen MR) is 196 cm³/mol. The lowest BCUT2D eigenvalue weighted by Gasteiger charge is -2.56. The molecule has 0 aromatic heterocycles. The molecule has 4 nitrogen and oxygen atoms in total. The first-order valence-electron chi connectivity index (χ1n) is 15.6. The van der Waals surface area contributed by atoms with E-state index >= 15 is 0 Å². The van der Waals surface area contributed by atoms with Gasteiger partial charge >= 0.3 is 0 Å². The summed E-state index contributed by atoms with van der Waals surface area (Å²) in [6.45, 7) is 27.3. The van der Waals surface area contributed by atoms with E-state index in [1.807, 2.05) is 11.4 Å². The highest BCUT2D eigenvalue weighted by Crippen LogP contribution is 2.67. The van der Waals surface area contributed by atoms with Gasteiger partial charge in [-0.25, -0.2) is 0 Å². The maximum absolute atomic E-state index is 6.25. The maximum Gasteiger partial charge on any atom is 0.129 e. The summed E-state index contributed by atoms with van der Waals surface area (Å²) >= 11 is 15.0. The summed E-state index contributed by atoms with van der Waals surface area (Å²) in [6, 6.07) is 0. The van der Waals surface area contributed by atoms with Crippen molar-refractivity contribution in [3.8, 4) is 0 Å². The normalized spacial score (nSPS) is 46.9. The summed E-state index contributed by atoms with van der Waals surface area (Å²) in [5.74, 6) is 3.13. The molecule has 0 radical (unpaired) electrons. The molecule has 3 aliphatic heterocycles. The minimum Gasteiger partial charge on any atom is -0.345 e.